The predicted molar refractivity (Wildman–Crippen MR) is 97.6 cm³/mol. The number of benzene rings is 2. The van der Waals surface area contributed by atoms with Gasteiger partial charge in [-0.1, -0.05) is 18.2 Å². The third-order valence-corrected chi connectivity index (χ3v) is 4.22. The van der Waals surface area contributed by atoms with Crippen LogP contribution in [-0.2, 0) is 19.1 Å². The lowest BCUT2D eigenvalue weighted by atomic mass is 10.1. The van der Waals surface area contributed by atoms with E-state index in [9.17, 15) is 18.8 Å². The van der Waals surface area contributed by atoms with Crippen molar-refractivity contribution >= 4 is 29.2 Å². The number of carbonyl (C=O) groups is 3. The first-order valence-corrected chi connectivity index (χ1v) is 8.49. The molecule has 7 nitrogen and oxygen atoms in total. The Kier molecular flexibility index (Phi) is 5.65. The SMILES string of the molecule is N#Cc1cccc(NC(=O)COC(=O)[C@@H]2CC(=O)N(c3ccccc3F)C2)c1. The van der Waals surface area contributed by atoms with Crippen molar-refractivity contribution in [2.75, 3.05) is 23.4 Å². The number of halogens is 1. The van der Waals surface area contributed by atoms with Crippen LogP contribution in [0, 0.1) is 23.1 Å². The van der Waals surface area contributed by atoms with Crippen molar-refractivity contribution in [1.82, 2.24) is 0 Å². The number of para-hydroxylation sites is 1. The molecule has 1 aliphatic rings. The lowest BCUT2D eigenvalue weighted by Gasteiger charge is -2.17. The number of ether oxygens (including phenoxy) is 1. The summed E-state index contributed by atoms with van der Waals surface area (Å²) in [5.74, 6) is -2.98. The van der Waals surface area contributed by atoms with Gasteiger partial charge in [0, 0.05) is 18.7 Å². The maximum Gasteiger partial charge on any atom is 0.311 e. The van der Waals surface area contributed by atoms with Gasteiger partial charge < -0.3 is 15.0 Å². The molecule has 0 saturated carbocycles. The third kappa shape index (κ3) is 4.32. The lowest BCUT2D eigenvalue weighted by molar-refractivity contribution is -0.151. The number of esters is 1. The van der Waals surface area contributed by atoms with Crippen LogP contribution in [0.25, 0.3) is 0 Å². The molecule has 1 aliphatic heterocycles. The molecule has 3 rings (SSSR count). The maximum atomic E-state index is 13.9. The number of hydrogen-bond donors (Lipinski definition) is 1. The summed E-state index contributed by atoms with van der Waals surface area (Å²) in [5.41, 5.74) is 0.896. The number of rotatable bonds is 5. The van der Waals surface area contributed by atoms with E-state index in [-0.39, 0.29) is 24.6 Å². The van der Waals surface area contributed by atoms with E-state index in [0.29, 0.717) is 11.3 Å². The quantitative estimate of drug-likeness (QED) is 0.801. The van der Waals surface area contributed by atoms with Crippen LogP contribution in [0.3, 0.4) is 0 Å². The standard InChI is InChI=1S/C20H16FN3O4/c21-16-6-1-2-7-17(16)24-11-14(9-19(24)26)20(27)28-12-18(25)23-15-5-3-4-13(8-15)10-22/h1-8,14H,9,11-12H2,(H,23,25)/t14-/m1/s1. The Morgan fingerprint density at radius 2 is 2.04 bits per heavy atom. The highest BCUT2D eigenvalue weighted by Crippen LogP contribution is 2.27. The number of nitrogens with one attached hydrogen (secondary N) is 1. The van der Waals surface area contributed by atoms with Gasteiger partial charge in [0.2, 0.25) is 5.91 Å². The van der Waals surface area contributed by atoms with Crippen molar-refractivity contribution < 1.29 is 23.5 Å². The molecule has 0 radical (unpaired) electrons. The summed E-state index contributed by atoms with van der Waals surface area (Å²) >= 11 is 0. The van der Waals surface area contributed by atoms with E-state index in [4.69, 9.17) is 10.00 Å². The first kappa shape index (κ1) is 19.0. The molecule has 1 atom stereocenters. The van der Waals surface area contributed by atoms with Crippen LogP contribution in [0.2, 0.25) is 0 Å². The molecule has 2 amide bonds. The van der Waals surface area contributed by atoms with Crippen molar-refractivity contribution in [3.05, 3.63) is 59.9 Å². The Bertz CT molecular complexity index is 970. The fourth-order valence-electron chi connectivity index (χ4n) is 2.89. The fourth-order valence-corrected chi connectivity index (χ4v) is 2.89. The minimum atomic E-state index is -0.776. The summed E-state index contributed by atoms with van der Waals surface area (Å²) in [5, 5.41) is 11.4. The zero-order valence-electron chi connectivity index (χ0n) is 14.7. The van der Waals surface area contributed by atoms with Gasteiger partial charge in [-0.2, -0.15) is 5.26 Å². The molecule has 2 aromatic carbocycles. The van der Waals surface area contributed by atoms with E-state index < -0.39 is 30.2 Å². The minimum Gasteiger partial charge on any atom is -0.455 e. The Hall–Kier alpha value is -3.73. The summed E-state index contributed by atoms with van der Waals surface area (Å²) in [4.78, 5) is 37.5. The monoisotopic (exact) mass is 381 g/mol. The molecular formula is C20H16FN3O4. The summed E-state index contributed by atoms with van der Waals surface area (Å²) in [6.45, 7) is -0.537. The second-order valence-corrected chi connectivity index (χ2v) is 6.21. The van der Waals surface area contributed by atoms with Gasteiger partial charge in [0.1, 0.15) is 5.82 Å². The average Bonchev–Trinajstić information content (AvgIpc) is 3.08. The van der Waals surface area contributed by atoms with Gasteiger partial charge >= 0.3 is 5.97 Å². The van der Waals surface area contributed by atoms with Crippen molar-refractivity contribution in [2.24, 2.45) is 5.92 Å². The highest BCUT2D eigenvalue weighted by Gasteiger charge is 2.37. The summed E-state index contributed by atoms with van der Waals surface area (Å²) in [6.07, 6.45) is -0.112. The number of hydrogen-bond acceptors (Lipinski definition) is 5. The van der Waals surface area contributed by atoms with Crippen LogP contribution < -0.4 is 10.2 Å². The minimum absolute atomic E-state index is 0.00949. The highest BCUT2D eigenvalue weighted by atomic mass is 19.1. The molecule has 8 heteroatoms. The summed E-state index contributed by atoms with van der Waals surface area (Å²) < 4.78 is 18.9. The van der Waals surface area contributed by atoms with Gasteiger partial charge in [0.15, 0.2) is 6.61 Å². The van der Waals surface area contributed by atoms with Crippen LogP contribution in [-0.4, -0.2) is 30.9 Å². The molecule has 28 heavy (non-hydrogen) atoms. The molecule has 1 N–H and O–H groups in total. The van der Waals surface area contributed by atoms with Gasteiger partial charge in [0.25, 0.3) is 5.91 Å². The number of nitrogens with zero attached hydrogens (tertiary/aromatic N) is 2. The number of nitriles is 1. The van der Waals surface area contributed by atoms with Crippen LogP contribution >= 0.6 is 0 Å². The summed E-state index contributed by atoms with van der Waals surface area (Å²) in [6, 6.07) is 14.1. The topological polar surface area (TPSA) is 99.5 Å². The Balaban J connectivity index is 1.54. The second kappa shape index (κ2) is 8.31. The molecule has 0 aromatic heterocycles. The molecule has 1 saturated heterocycles. The predicted octanol–water partition coefficient (Wildman–Crippen LogP) is 2.23. The molecule has 2 aromatic rings. The second-order valence-electron chi connectivity index (χ2n) is 6.21. The first-order valence-electron chi connectivity index (χ1n) is 8.49. The molecule has 0 bridgehead atoms. The first-order chi connectivity index (χ1) is 13.5. The van der Waals surface area contributed by atoms with Gasteiger partial charge in [-0.25, -0.2) is 4.39 Å². The fraction of sp³-hybridized carbons (Fsp3) is 0.200. The third-order valence-electron chi connectivity index (χ3n) is 4.22. The molecule has 1 heterocycles. The van der Waals surface area contributed by atoms with Gasteiger partial charge in [-0.15, -0.1) is 0 Å². The van der Waals surface area contributed by atoms with Crippen LogP contribution in [0.5, 0.6) is 0 Å². The Morgan fingerprint density at radius 3 is 2.79 bits per heavy atom. The van der Waals surface area contributed by atoms with Crippen LogP contribution in [0.1, 0.15) is 12.0 Å². The van der Waals surface area contributed by atoms with Crippen LogP contribution in [0.15, 0.2) is 48.5 Å². The molecule has 0 aliphatic carbocycles. The summed E-state index contributed by atoms with van der Waals surface area (Å²) in [7, 11) is 0. The normalized spacial score (nSPS) is 15.8. The van der Waals surface area contributed by atoms with Crippen molar-refractivity contribution in [2.45, 2.75) is 6.42 Å². The Labute approximate surface area is 160 Å². The zero-order valence-corrected chi connectivity index (χ0v) is 14.7. The Morgan fingerprint density at radius 1 is 1.25 bits per heavy atom. The molecule has 0 unspecified atom stereocenters. The molecular weight excluding hydrogens is 365 g/mol. The van der Waals surface area contributed by atoms with Crippen molar-refractivity contribution in [3.63, 3.8) is 0 Å². The van der Waals surface area contributed by atoms with E-state index in [1.165, 1.54) is 29.2 Å². The molecule has 1 fully saturated rings. The van der Waals surface area contributed by atoms with Crippen molar-refractivity contribution in [1.29, 1.82) is 5.26 Å². The smallest absolute Gasteiger partial charge is 0.311 e. The maximum absolute atomic E-state index is 13.9. The molecule has 142 valence electrons. The van der Waals surface area contributed by atoms with Crippen LogP contribution in [0.4, 0.5) is 15.8 Å². The van der Waals surface area contributed by atoms with Crippen molar-refractivity contribution in [3.8, 4) is 6.07 Å². The van der Waals surface area contributed by atoms with Gasteiger partial charge in [-0.3, -0.25) is 14.4 Å². The van der Waals surface area contributed by atoms with E-state index in [1.807, 2.05) is 6.07 Å². The van der Waals surface area contributed by atoms with Gasteiger partial charge in [-0.05, 0) is 30.3 Å². The molecule has 0 spiro atoms. The van der Waals surface area contributed by atoms with E-state index >= 15 is 0 Å². The lowest BCUT2D eigenvalue weighted by Crippen LogP contribution is -2.28. The highest BCUT2D eigenvalue weighted by molar-refractivity contribution is 6.00. The number of carbonyl (C=O) groups excluding carboxylic acids is 3. The number of anilines is 2. The van der Waals surface area contributed by atoms with Gasteiger partial charge in [0.05, 0.1) is 23.2 Å². The number of amides is 2. The van der Waals surface area contributed by atoms with E-state index in [0.717, 1.165) is 0 Å². The largest absolute Gasteiger partial charge is 0.455 e. The average molecular weight is 381 g/mol. The van der Waals surface area contributed by atoms with E-state index in [2.05, 4.69) is 5.32 Å². The zero-order chi connectivity index (χ0) is 20.1. The van der Waals surface area contributed by atoms with E-state index in [1.54, 1.807) is 24.3 Å².